The van der Waals surface area contributed by atoms with Crippen LogP contribution in [0, 0.1) is 5.41 Å². The summed E-state index contributed by atoms with van der Waals surface area (Å²) in [7, 11) is 0. The Kier molecular flexibility index (Phi) is 12.0. The van der Waals surface area contributed by atoms with E-state index in [4.69, 9.17) is 9.41 Å². The number of guanidine groups is 1. The number of hydrogen-bond acceptors (Lipinski definition) is 3. The standard InChI is InChI=1S/C20H35N3O2.HI/c1-2-3-13-21-19(22-14-9-18-8-7-16-25-18)23-17-20(12-15-24)10-5-4-6-11-20;/h7-8,16,24H,2-6,9-15,17H2,1H3,(H2,21,22,23);1H. The van der Waals surface area contributed by atoms with E-state index >= 15 is 0 Å². The first-order chi connectivity index (χ1) is 12.3. The van der Waals surface area contributed by atoms with E-state index in [9.17, 15) is 5.11 Å². The molecule has 0 saturated heterocycles. The van der Waals surface area contributed by atoms with Crippen molar-refractivity contribution >= 4 is 29.9 Å². The summed E-state index contributed by atoms with van der Waals surface area (Å²) in [6, 6.07) is 3.92. The number of rotatable bonds is 10. The summed E-state index contributed by atoms with van der Waals surface area (Å²) in [6.07, 6.45) is 12.0. The van der Waals surface area contributed by atoms with Gasteiger partial charge in [0.25, 0.3) is 0 Å². The maximum absolute atomic E-state index is 9.48. The molecule has 26 heavy (non-hydrogen) atoms. The van der Waals surface area contributed by atoms with E-state index < -0.39 is 0 Å². The van der Waals surface area contributed by atoms with E-state index in [0.29, 0.717) is 0 Å². The topological polar surface area (TPSA) is 69.8 Å². The Bertz CT molecular complexity index is 480. The molecule has 3 N–H and O–H groups in total. The molecule has 6 heteroatoms. The van der Waals surface area contributed by atoms with Gasteiger partial charge in [-0.1, -0.05) is 32.6 Å². The highest BCUT2D eigenvalue weighted by atomic mass is 127. The molecule has 1 saturated carbocycles. The smallest absolute Gasteiger partial charge is 0.191 e. The molecule has 0 bridgehead atoms. The summed E-state index contributed by atoms with van der Waals surface area (Å²) in [5.41, 5.74) is 0.188. The van der Waals surface area contributed by atoms with Crippen LogP contribution in [0.2, 0.25) is 0 Å². The lowest BCUT2D eigenvalue weighted by Crippen LogP contribution is -2.40. The van der Waals surface area contributed by atoms with Crippen LogP contribution in [-0.2, 0) is 6.42 Å². The maximum Gasteiger partial charge on any atom is 0.191 e. The number of aliphatic hydroxyl groups is 1. The molecule has 0 radical (unpaired) electrons. The molecule has 150 valence electrons. The van der Waals surface area contributed by atoms with Gasteiger partial charge in [-0.25, -0.2) is 0 Å². The number of unbranched alkanes of at least 4 members (excludes halogenated alkanes) is 1. The van der Waals surface area contributed by atoms with Crippen molar-refractivity contribution in [3.8, 4) is 0 Å². The molecule has 0 aliphatic heterocycles. The molecule has 1 fully saturated rings. The predicted octanol–water partition coefficient (Wildman–Crippen LogP) is 4.11. The third-order valence-electron chi connectivity index (χ3n) is 5.20. The third-order valence-corrected chi connectivity index (χ3v) is 5.20. The molecule has 0 unspecified atom stereocenters. The van der Waals surface area contributed by atoms with Crippen LogP contribution in [0.15, 0.2) is 27.8 Å². The van der Waals surface area contributed by atoms with Gasteiger partial charge in [0.2, 0.25) is 0 Å². The van der Waals surface area contributed by atoms with Crippen molar-refractivity contribution in [2.45, 2.75) is 64.7 Å². The summed E-state index contributed by atoms with van der Waals surface area (Å²) < 4.78 is 5.39. The fourth-order valence-electron chi connectivity index (χ4n) is 3.59. The Labute approximate surface area is 175 Å². The first-order valence-electron chi connectivity index (χ1n) is 9.93. The summed E-state index contributed by atoms with van der Waals surface area (Å²) in [4.78, 5) is 4.88. The first-order valence-corrected chi connectivity index (χ1v) is 9.93. The lowest BCUT2D eigenvalue weighted by Gasteiger charge is -2.35. The Morgan fingerprint density at radius 2 is 2.00 bits per heavy atom. The van der Waals surface area contributed by atoms with Crippen LogP contribution in [0.5, 0.6) is 0 Å². The van der Waals surface area contributed by atoms with Crippen LogP contribution in [0.3, 0.4) is 0 Å². The number of nitrogens with one attached hydrogen (secondary N) is 2. The monoisotopic (exact) mass is 477 g/mol. The van der Waals surface area contributed by atoms with E-state index in [1.54, 1.807) is 6.26 Å². The lowest BCUT2D eigenvalue weighted by molar-refractivity contribution is 0.137. The zero-order chi connectivity index (χ0) is 17.8. The minimum absolute atomic E-state index is 0. The van der Waals surface area contributed by atoms with Crippen molar-refractivity contribution in [3.63, 3.8) is 0 Å². The van der Waals surface area contributed by atoms with Crippen LogP contribution in [0.4, 0.5) is 0 Å². The molecule has 1 aromatic heterocycles. The highest BCUT2D eigenvalue weighted by Gasteiger charge is 2.31. The number of furan rings is 1. The van der Waals surface area contributed by atoms with Crippen molar-refractivity contribution in [3.05, 3.63) is 24.2 Å². The number of aliphatic hydroxyl groups excluding tert-OH is 1. The fourth-order valence-corrected chi connectivity index (χ4v) is 3.59. The van der Waals surface area contributed by atoms with Crippen LogP contribution in [0.25, 0.3) is 0 Å². The average Bonchev–Trinajstić information content (AvgIpc) is 3.14. The highest BCUT2D eigenvalue weighted by molar-refractivity contribution is 14.0. The third kappa shape index (κ3) is 8.29. The fraction of sp³-hybridized carbons (Fsp3) is 0.750. The largest absolute Gasteiger partial charge is 0.469 e. The van der Waals surface area contributed by atoms with Gasteiger partial charge in [0.15, 0.2) is 5.96 Å². The lowest BCUT2D eigenvalue weighted by atomic mass is 9.72. The van der Waals surface area contributed by atoms with Crippen molar-refractivity contribution in [2.24, 2.45) is 10.4 Å². The molecule has 5 nitrogen and oxygen atoms in total. The number of nitrogens with zero attached hydrogens (tertiary/aromatic N) is 1. The second kappa shape index (κ2) is 13.4. The van der Waals surface area contributed by atoms with Crippen molar-refractivity contribution < 1.29 is 9.52 Å². The average molecular weight is 477 g/mol. The molecule has 0 amide bonds. The van der Waals surface area contributed by atoms with Gasteiger partial charge >= 0.3 is 0 Å². The second-order valence-electron chi connectivity index (χ2n) is 7.24. The molecule has 1 heterocycles. The van der Waals surface area contributed by atoms with Gasteiger partial charge in [0.1, 0.15) is 5.76 Å². The Hall–Kier alpha value is -0.760. The van der Waals surface area contributed by atoms with Crippen LogP contribution in [0.1, 0.15) is 64.1 Å². The molecule has 2 rings (SSSR count). The van der Waals surface area contributed by atoms with Gasteiger partial charge in [-0.05, 0) is 43.2 Å². The van der Waals surface area contributed by atoms with Crippen molar-refractivity contribution in [1.29, 1.82) is 0 Å². The maximum atomic E-state index is 9.48. The Morgan fingerprint density at radius 1 is 1.23 bits per heavy atom. The normalized spacial score (nSPS) is 16.8. The SMILES string of the molecule is CCCCNC(=NCC1(CCO)CCCCC1)NCCc1ccco1.I. The minimum atomic E-state index is 0. The molecular formula is C20H36IN3O2. The number of hydrogen-bond donors (Lipinski definition) is 3. The van der Waals surface area contributed by atoms with E-state index in [-0.39, 0.29) is 36.0 Å². The summed E-state index contributed by atoms with van der Waals surface area (Å²) in [5, 5.41) is 16.4. The molecule has 0 spiro atoms. The highest BCUT2D eigenvalue weighted by Crippen LogP contribution is 2.39. The zero-order valence-electron chi connectivity index (χ0n) is 16.1. The van der Waals surface area contributed by atoms with Crippen LogP contribution in [-0.4, -0.2) is 37.3 Å². The van der Waals surface area contributed by atoms with E-state index in [0.717, 1.165) is 50.6 Å². The summed E-state index contributed by atoms with van der Waals surface area (Å²) in [5.74, 6) is 1.88. The molecule has 0 aromatic carbocycles. The summed E-state index contributed by atoms with van der Waals surface area (Å²) in [6.45, 7) is 5.01. The van der Waals surface area contributed by atoms with Crippen LogP contribution < -0.4 is 10.6 Å². The molecule has 1 aliphatic carbocycles. The van der Waals surface area contributed by atoms with Crippen molar-refractivity contribution in [1.82, 2.24) is 10.6 Å². The Morgan fingerprint density at radius 3 is 2.65 bits per heavy atom. The minimum Gasteiger partial charge on any atom is -0.469 e. The van der Waals surface area contributed by atoms with Gasteiger partial charge < -0.3 is 20.2 Å². The number of halogens is 1. The molecule has 1 aliphatic rings. The van der Waals surface area contributed by atoms with Crippen molar-refractivity contribution in [2.75, 3.05) is 26.2 Å². The second-order valence-corrected chi connectivity index (χ2v) is 7.24. The quantitative estimate of drug-likeness (QED) is 0.205. The number of aliphatic imine (C=N–C) groups is 1. The predicted molar refractivity (Wildman–Crippen MR) is 118 cm³/mol. The molecule has 0 atom stereocenters. The van der Waals surface area contributed by atoms with Gasteiger partial charge in [-0.15, -0.1) is 24.0 Å². The van der Waals surface area contributed by atoms with Gasteiger partial charge in [0.05, 0.1) is 6.26 Å². The zero-order valence-corrected chi connectivity index (χ0v) is 18.5. The van der Waals surface area contributed by atoms with Gasteiger partial charge in [0, 0.05) is 32.7 Å². The van der Waals surface area contributed by atoms with Gasteiger partial charge in [-0.3, -0.25) is 4.99 Å². The molecular weight excluding hydrogens is 441 g/mol. The van der Waals surface area contributed by atoms with E-state index in [2.05, 4.69) is 17.6 Å². The molecule has 1 aromatic rings. The van der Waals surface area contributed by atoms with E-state index in [1.165, 1.54) is 38.5 Å². The first kappa shape index (κ1) is 23.3. The van der Waals surface area contributed by atoms with Gasteiger partial charge in [-0.2, -0.15) is 0 Å². The van der Waals surface area contributed by atoms with E-state index in [1.807, 2.05) is 12.1 Å². The van der Waals surface area contributed by atoms with Crippen LogP contribution >= 0.6 is 24.0 Å². The Balaban J connectivity index is 0.00000338. The summed E-state index contributed by atoms with van der Waals surface area (Å²) >= 11 is 0.